The van der Waals surface area contributed by atoms with Gasteiger partial charge >= 0.3 is 11.9 Å². The van der Waals surface area contributed by atoms with E-state index in [1.165, 1.54) is 11.3 Å². The van der Waals surface area contributed by atoms with Gasteiger partial charge in [0.15, 0.2) is 0 Å². The van der Waals surface area contributed by atoms with Gasteiger partial charge in [-0.05, 0) is 32.3 Å². The number of ether oxygens (including phenoxy) is 2. The topological polar surface area (TPSA) is 100 Å². The van der Waals surface area contributed by atoms with Crippen molar-refractivity contribution in [2.75, 3.05) is 6.61 Å². The van der Waals surface area contributed by atoms with E-state index in [-0.39, 0.29) is 23.8 Å². The Morgan fingerprint density at radius 3 is 2.80 bits per heavy atom. The van der Waals surface area contributed by atoms with Crippen LogP contribution in [0.1, 0.15) is 62.7 Å². The summed E-state index contributed by atoms with van der Waals surface area (Å²) in [7, 11) is 0. The first-order valence-corrected chi connectivity index (χ1v) is 11.5. The second-order valence-corrected chi connectivity index (χ2v) is 8.83. The van der Waals surface area contributed by atoms with E-state index >= 15 is 0 Å². The molecule has 8 nitrogen and oxygen atoms in total. The Bertz CT molecular complexity index is 1180. The summed E-state index contributed by atoms with van der Waals surface area (Å²) in [5.74, 6) is -0.229. The standard InChI is InChI=1S/C20H21N3O5S2/c1-3-27-20(26)17-21-12(10-29-17)9-28-19(25)15-11(2)14-16(30-15)22-13-7-5-4-6-8-23(13)18(14)24/h10H,3-9H2,1-2H3. The molecule has 0 unspecified atom stereocenters. The number of thiazole rings is 1. The van der Waals surface area contributed by atoms with Crippen LogP contribution in [0.3, 0.4) is 0 Å². The number of esters is 2. The smallest absolute Gasteiger partial charge is 0.367 e. The molecule has 4 rings (SSSR count). The third-order valence-electron chi connectivity index (χ3n) is 4.95. The van der Waals surface area contributed by atoms with E-state index in [0.717, 1.165) is 42.8 Å². The number of fused-ring (bicyclic) bond motifs is 2. The van der Waals surface area contributed by atoms with E-state index < -0.39 is 11.9 Å². The molecule has 1 aliphatic rings. The molecule has 3 aromatic heterocycles. The second kappa shape index (κ2) is 8.65. The molecule has 0 amide bonds. The molecule has 30 heavy (non-hydrogen) atoms. The van der Waals surface area contributed by atoms with Crippen LogP contribution in [0.15, 0.2) is 10.2 Å². The fourth-order valence-corrected chi connectivity index (χ4v) is 5.25. The molecule has 0 saturated heterocycles. The van der Waals surface area contributed by atoms with Gasteiger partial charge in [-0.15, -0.1) is 22.7 Å². The zero-order valence-corrected chi connectivity index (χ0v) is 18.4. The normalized spacial score (nSPS) is 13.7. The highest BCUT2D eigenvalue weighted by Crippen LogP contribution is 2.29. The van der Waals surface area contributed by atoms with Crippen molar-refractivity contribution in [1.82, 2.24) is 14.5 Å². The molecule has 0 aromatic carbocycles. The number of aryl methyl sites for hydroxylation is 2. The van der Waals surface area contributed by atoms with Gasteiger partial charge in [0.25, 0.3) is 5.56 Å². The van der Waals surface area contributed by atoms with Crippen molar-refractivity contribution in [2.45, 2.75) is 52.7 Å². The number of thiophene rings is 1. The molecule has 0 aliphatic carbocycles. The van der Waals surface area contributed by atoms with Gasteiger partial charge in [0, 0.05) is 18.3 Å². The highest BCUT2D eigenvalue weighted by molar-refractivity contribution is 7.20. The highest BCUT2D eigenvalue weighted by Gasteiger charge is 2.23. The predicted octanol–water partition coefficient (Wildman–Crippen LogP) is 3.48. The minimum atomic E-state index is -0.527. The molecule has 0 fully saturated rings. The van der Waals surface area contributed by atoms with Crippen LogP contribution in [0.2, 0.25) is 0 Å². The maximum Gasteiger partial charge on any atom is 0.367 e. The third-order valence-corrected chi connectivity index (χ3v) is 6.99. The maximum absolute atomic E-state index is 13.0. The molecule has 10 heteroatoms. The van der Waals surface area contributed by atoms with E-state index in [9.17, 15) is 14.4 Å². The molecule has 0 saturated carbocycles. The molecular weight excluding hydrogens is 426 g/mol. The zero-order chi connectivity index (χ0) is 21.3. The van der Waals surface area contributed by atoms with Crippen LogP contribution in [-0.4, -0.2) is 33.1 Å². The molecule has 4 heterocycles. The average Bonchev–Trinajstić information content (AvgIpc) is 3.24. The van der Waals surface area contributed by atoms with Crippen molar-refractivity contribution < 1.29 is 19.1 Å². The van der Waals surface area contributed by atoms with Gasteiger partial charge in [-0.25, -0.2) is 19.6 Å². The molecule has 0 spiro atoms. The number of hydrogen-bond donors (Lipinski definition) is 0. The van der Waals surface area contributed by atoms with Gasteiger partial charge in [-0.3, -0.25) is 9.36 Å². The van der Waals surface area contributed by atoms with Gasteiger partial charge in [0.05, 0.1) is 17.7 Å². The van der Waals surface area contributed by atoms with Crippen molar-refractivity contribution in [2.24, 2.45) is 0 Å². The van der Waals surface area contributed by atoms with Gasteiger partial charge in [-0.1, -0.05) is 6.42 Å². The van der Waals surface area contributed by atoms with E-state index in [4.69, 9.17) is 9.47 Å². The summed E-state index contributed by atoms with van der Waals surface area (Å²) < 4.78 is 12.0. The van der Waals surface area contributed by atoms with Crippen molar-refractivity contribution in [3.05, 3.63) is 42.7 Å². The van der Waals surface area contributed by atoms with Crippen LogP contribution >= 0.6 is 22.7 Å². The van der Waals surface area contributed by atoms with E-state index in [2.05, 4.69) is 9.97 Å². The largest absolute Gasteiger partial charge is 0.461 e. The second-order valence-electron chi connectivity index (χ2n) is 6.97. The summed E-state index contributed by atoms with van der Waals surface area (Å²) in [4.78, 5) is 47.1. The van der Waals surface area contributed by atoms with Gasteiger partial charge in [0.1, 0.15) is 22.1 Å². The molecule has 0 N–H and O–H groups in total. The summed E-state index contributed by atoms with van der Waals surface area (Å²) in [5, 5.41) is 2.37. The lowest BCUT2D eigenvalue weighted by molar-refractivity contribution is 0.0473. The van der Waals surface area contributed by atoms with Crippen LogP contribution in [0, 0.1) is 6.92 Å². The number of nitrogens with zero attached hydrogens (tertiary/aromatic N) is 3. The van der Waals surface area contributed by atoms with Crippen molar-refractivity contribution in [3.63, 3.8) is 0 Å². The first kappa shape index (κ1) is 20.7. The minimum absolute atomic E-state index is 0.0642. The molecule has 0 radical (unpaired) electrons. The van der Waals surface area contributed by atoms with E-state index in [1.807, 2.05) is 0 Å². The minimum Gasteiger partial charge on any atom is -0.461 e. The molecule has 3 aromatic rings. The lowest BCUT2D eigenvalue weighted by Crippen LogP contribution is -2.24. The monoisotopic (exact) mass is 447 g/mol. The van der Waals surface area contributed by atoms with E-state index in [1.54, 1.807) is 23.8 Å². The SMILES string of the molecule is CCOC(=O)c1nc(COC(=O)c2sc3nc4n(c(=O)c3c2C)CCCCC4)cs1. The zero-order valence-electron chi connectivity index (χ0n) is 16.7. The number of carbonyl (C=O) groups is 2. The van der Waals surface area contributed by atoms with Gasteiger partial charge < -0.3 is 9.47 Å². The Labute approximate surface area is 180 Å². The number of aromatic nitrogens is 3. The van der Waals surface area contributed by atoms with Crippen LogP contribution in [0.4, 0.5) is 0 Å². The number of rotatable bonds is 5. The van der Waals surface area contributed by atoms with Crippen molar-refractivity contribution >= 4 is 44.8 Å². The summed E-state index contributed by atoms with van der Waals surface area (Å²) in [6.07, 6.45) is 3.83. The number of hydrogen-bond acceptors (Lipinski definition) is 9. The fraction of sp³-hybridized carbons (Fsp3) is 0.450. The molecule has 158 valence electrons. The Morgan fingerprint density at radius 2 is 2.00 bits per heavy atom. The lowest BCUT2D eigenvalue weighted by Gasteiger charge is -2.08. The van der Waals surface area contributed by atoms with Gasteiger partial charge in [0.2, 0.25) is 5.01 Å². The molecule has 0 atom stereocenters. The maximum atomic E-state index is 13.0. The first-order chi connectivity index (χ1) is 14.5. The highest BCUT2D eigenvalue weighted by atomic mass is 32.1. The third kappa shape index (κ3) is 3.89. The van der Waals surface area contributed by atoms with Crippen molar-refractivity contribution in [1.29, 1.82) is 0 Å². The van der Waals surface area contributed by atoms with Crippen molar-refractivity contribution in [3.8, 4) is 0 Å². The van der Waals surface area contributed by atoms with Crippen LogP contribution in [0.5, 0.6) is 0 Å². The van der Waals surface area contributed by atoms with Crippen LogP contribution in [-0.2, 0) is 29.0 Å². The molecule has 1 aliphatic heterocycles. The van der Waals surface area contributed by atoms with Crippen LogP contribution in [0.25, 0.3) is 10.2 Å². The first-order valence-electron chi connectivity index (χ1n) is 9.81. The van der Waals surface area contributed by atoms with Crippen LogP contribution < -0.4 is 5.56 Å². The predicted molar refractivity (Wildman–Crippen MR) is 113 cm³/mol. The Kier molecular flexibility index (Phi) is 5.96. The Morgan fingerprint density at radius 1 is 1.17 bits per heavy atom. The fourth-order valence-electron chi connectivity index (χ4n) is 3.47. The lowest BCUT2D eigenvalue weighted by atomic mass is 10.2. The summed E-state index contributed by atoms with van der Waals surface area (Å²) in [6, 6.07) is 0. The number of carbonyl (C=O) groups excluding carboxylic acids is 2. The van der Waals surface area contributed by atoms with E-state index in [0.29, 0.717) is 32.9 Å². The van der Waals surface area contributed by atoms with Gasteiger partial charge in [-0.2, -0.15) is 0 Å². The molecule has 0 bridgehead atoms. The average molecular weight is 448 g/mol. The Balaban J connectivity index is 1.55. The Hall–Kier alpha value is -2.59. The molecular formula is C20H21N3O5S2. The summed E-state index contributed by atoms with van der Waals surface area (Å²) >= 11 is 2.33. The summed E-state index contributed by atoms with van der Waals surface area (Å²) in [5.41, 5.74) is 0.992. The summed E-state index contributed by atoms with van der Waals surface area (Å²) in [6.45, 7) is 4.35. The quantitative estimate of drug-likeness (QED) is 0.552.